The van der Waals surface area contributed by atoms with Gasteiger partial charge in [-0.05, 0) is 29.7 Å². The van der Waals surface area contributed by atoms with Crippen molar-refractivity contribution < 1.29 is 4.74 Å². The predicted molar refractivity (Wildman–Crippen MR) is 46.8 cm³/mol. The lowest BCUT2D eigenvalue weighted by atomic mass is 9.93. The van der Waals surface area contributed by atoms with Gasteiger partial charge in [0.1, 0.15) is 12.2 Å². The van der Waals surface area contributed by atoms with Crippen LogP contribution in [0, 0.1) is 0 Å². The highest BCUT2D eigenvalue weighted by atomic mass is 16.5. The van der Waals surface area contributed by atoms with E-state index in [1.165, 1.54) is 16.7 Å². The van der Waals surface area contributed by atoms with E-state index in [1.54, 1.807) is 0 Å². The van der Waals surface area contributed by atoms with E-state index < -0.39 is 0 Å². The first kappa shape index (κ1) is 6.44. The first-order valence-electron chi connectivity index (χ1n) is 4.29. The Morgan fingerprint density at radius 2 is 1.92 bits per heavy atom. The van der Waals surface area contributed by atoms with E-state index in [-0.39, 0.29) is 12.2 Å². The molecule has 0 fully saturated rings. The van der Waals surface area contributed by atoms with E-state index in [1.807, 2.05) is 0 Å². The van der Waals surface area contributed by atoms with Gasteiger partial charge in [-0.15, -0.1) is 0 Å². The molecule has 0 saturated carbocycles. The van der Waals surface area contributed by atoms with Gasteiger partial charge in [0, 0.05) is 0 Å². The van der Waals surface area contributed by atoms with Crippen molar-refractivity contribution >= 4 is 0 Å². The van der Waals surface area contributed by atoms with Crippen LogP contribution in [0.25, 0.3) is 0 Å². The first-order valence-corrected chi connectivity index (χ1v) is 4.29. The molecule has 2 bridgehead atoms. The molecule has 12 heavy (non-hydrogen) atoms. The van der Waals surface area contributed by atoms with Crippen LogP contribution in [0.4, 0.5) is 0 Å². The summed E-state index contributed by atoms with van der Waals surface area (Å²) in [6.07, 6.45) is 2.71. The van der Waals surface area contributed by atoms with Crippen LogP contribution in [-0.4, -0.2) is 0 Å². The van der Waals surface area contributed by atoms with Crippen LogP contribution >= 0.6 is 0 Å². The molecular formula is C11H10O. The molecule has 0 radical (unpaired) electrons. The zero-order chi connectivity index (χ0) is 8.13. The van der Waals surface area contributed by atoms with Crippen LogP contribution in [-0.2, 0) is 4.74 Å². The molecule has 1 heteroatoms. The molecule has 2 heterocycles. The average Bonchev–Trinajstić information content (AvgIpc) is 2.62. The Balaban J connectivity index is 2.23. The molecule has 2 unspecified atom stereocenters. The summed E-state index contributed by atoms with van der Waals surface area (Å²) < 4.78 is 5.76. The monoisotopic (exact) mass is 158 g/mol. The number of fused-ring (bicyclic) bond motifs is 5. The predicted octanol–water partition coefficient (Wildman–Crippen LogP) is 2.76. The Morgan fingerprint density at radius 1 is 1.17 bits per heavy atom. The number of hydrogen-bond acceptors (Lipinski definition) is 1. The summed E-state index contributed by atoms with van der Waals surface area (Å²) in [7, 11) is 0. The Labute approximate surface area is 71.7 Å². The molecule has 60 valence electrons. The van der Waals surface area contributed by atoms with Crippen molar-refractivity contribution in [2.24, 2.45) is 0 Å². The Morgan fingerprint density at radius 3 is 2.75 bits per heavy atom. The number of rotatable bonds is 0. The Kier molecular flexibility index (Phi) is 1.07. The van der Waals surface area contributed by atoms with Crippen molar-refractivity contribution in [2.75, 3.05) is 0 Å². The van der Waals surface area contributed by atoms with Crippen LogP contribution < -0.4 is 0 Å². The number of ether oxygens (including phenoxy) is 1. The van der Waals surface area contributed by atoms with Crippen molar-refractivity contribution in [3.8, 4) is 0 Å². The highest BCUT2D eigenvalue weighted by Crippen LogP contribution is 2.49. The van der Waals surface area contributed by atoms with E-state index >= 15 is 0 Å². The van der Waals surface area contributed by atoms with Gasteiger partial charge in [0.15, 0.2) is 0 Å². The second-order valence-electron chi connectivity index (χ2n) is 3.48. The summed E-state index contributed by atoms with van der Waals surface area (Å²) in [5.74, 6) is 0. The fourth-order valence-electron chi connectivity index (χ4n) is 2.11. The minimum atomic E-state index is 0.242. The Bertz CT molecular complexity index is 365. The zero-order valence-corrected chi connectivity index (χ0v) is 6.95. The minimum Gasteiger partial charge on any atom is -0.357 e. The Hall–Kier alpha value is -1.08. The molecule has 0 N–H and O–H groups in total. The minimum absolute atomic E-state index is 0.242. The topological polar surface area (TPSA) is 9.23 Å². The largest absolute Gasteiger partial charge is 0.357 e. The molecule has 0 aromatic heterocycles. The molecule has 3 rings (SSSR count). The van der Waals surface area contributed by atoms with E-state index in [0.717, 1.165) is 0 Å². The van der Waals surface area contributed by atoms with Crippen molar-refractivity contribution in [3.05, 3.63) is 47.0 Å². The number of hydrogen-bond donors (Lipinski definition) is 0. The van der Waals surface area contributed by atoms with E-state index in [0.29, 0.717) is 0 Å². The van der Waals surface area contributed by atoms with Crippen molar-refractivity contribution in [1.29, 1.82) is 0 Å². The maximum absolute atomic E-state index is 5.76. The van der Waals surface area contributed by atoms with Gasteiger partial charge in [-0.25, -0.2) is 0 Å². The van der Waals surface area contributed by atoms with Crippen molar-refractivity contribution in [1.82, 2.24) is 0 Å². The highest BCUT2D eigenvalue weighted by Gasteiger charge is 2.36. The molecule has 1 aromatic rings. The average molecular weight is 158 g/mol. The van der Waals surface area contributed by atoms with E-state index in [9.17, 15) is 0 Å². The van der Waals surface area contributed by atoms with Gasteiger partial charge in [-0.1, -0.05) is 24.3 Å². The summed E-state index contributed by atoms with van der Waals surface area (Å²) in [5.41, 5.74) is 4.08. The third kappa shape index (κ3) is 0.625. The van der Waals surface area contributed by atoms with Gasteiger partial charge in [0.25, 0.3) is 0 Å². The second-order valence-corrected chi connectivity index (χ2v) is 3.48. The smallest absolute Gasteiger partial charge is 0.105 e. The quantitative estimate of drug-likeness (QED) is 0.527. The summed E-state index contributed by atoms with van der Waals surface area (Å²) in [5, 5.41) is 0. The lowest BCUT2D eigenvalue weighted by Gasteiger charge is -2.09. The molecule has 2 aliphatic rings. The molecule has 0 amide bonds. The zero-order valence-electron chi connectivity index (χ0n) is 6.95. The summed E-state index contributed by atoms with van der Waals surface area (Å²) in [4.78, 5) is 0. The normalized spacial score (nSPS) is 30.2. The van der Waals surface area contributed by atoms with Gasteiger partial charge < -0.3 is 4.74 Å². The maximum atomic E-state index is 5.76. The summed E-state index contributed by atoms with van der Waals surface area (Å²) in [6.45, 7) is 2.14. The third-order valence-electron chi connectivity index (χ3n) is 2.70. The van der Waals surface area contributed by atoms with Crippen molar-refractivity contribution in [3.63, 3.8) is 0 Å². The number of benzene rings is 1. The SMILES string of the molecule is CC1=CC2OC1c1ccccc12. The fraction of sp³-hybridized carbons (Fsp3) is 0.273. The van der Waals surface area contributed by atoms with Gasteiger partial charge in [-0.2, -0.15) is 0 Å². The summed E-state index contributed by atoms with van der Waals surface area (Å²) in [6, 6.07) is 8.47. The lowest BCUT2D eigenvalue weighted by molar-refractivity contribution is 0.0833. The molecular weight excluding hydrogens is 148 g/mol. The molecule has 1 nitrogen and oxygen atoms in total. The van der Waals surface area contributed by atoms with Crippen LogP contribution in [0.2, 0.25) is 0 Å². The van der Waals surface area contributed by atoms with Crippen molar-refractivity contribution in [2.45, 2.75) is 19.1 Å². The fourth-order valence-corrected chi connectivity index (χ4v) is 2.11. The molecule has 1 aromatic carbocycles. The highest BCUT2D eigenvalue weighted by molar-refractivity contribution is 5.45. The lowest BCUT2D eigenvalue weighted by Crippen LogP contribution is -1.95. The van der Waals surface area contributed by atoms with Gasteiger partial charge in [-0.3, -0.25) is 0 Å². The van der Waals surface area contributed by atoms with Gasteiger partial charge in [0.05, 0.1) is 0 Å². The molecule has 2 aliphatic heterocycles. The standard InChI is InChI=1S/C11H10O/c1-7-6-10-8-4-2-3-5-9(8)11(7)12-10/h2-6,10-11H,1H3. The second kappa shape index (κ2) is 1.99. The van der Waals surface area contributed by atoms with Gasteiger partial charge >= 0.3 is 0 Å². The first-order chi connectivity index (χ1) is 5.86. The van der Waals surface area contributed by atoms with Crippen LogP contribution in [0.5, 0.6) is 0 Å². The van der Waals surface area contributed by atoms with E-state index in [2.05, 4.69) is 37.3 Å². The maximum Gasteiger partial charge on any atom is 0.105 e. The molecule has 0 spiro atoms. The molecule has 0 saturated heterocycles. The van der Waals surface area contributed by atoms with Crippen LogP contribution in [0.1, 0.15) is 30.3 Å². The molecule has 0 aliphatic carbocycles. The summed E-state index contributed by atoms with van der Waals surface area (Å²) >= 11 is 0. The van der Waals surface area contributed by atoms with Crippen LogP contribution in [0.3, 0.4) is 0 Å². The van der Waals surface area contributed by atoms with Gasteiger partial charge in [0.2, 0.25) is 0 Å². The third-order valence-corrected chi connectivity index (χ3v) is 2.70. The van der Waals surface area contributed by atoms with E-state index in [4.69, 9.17) is 4.74 Å². The van der Waals surface area contributed by atoms with Crippen LogP contribution in [0.15, 0.2) is 35.9 Å². The molecule has 2 atom stereocenters.